The molecule has 1 fully saturated rings. The molecule has 1 unspecified atom stereocenters. The SMILES string of the molecule is CC12CCC(=O)C=C1CC/C(=C\c1ccc3c(c1)OCO3)C2=O. The van der Waals surface area contributed by atoms with Crippen molar-refractivity contribution in [2.75, 3.05) is 6.79 Å². The highest BCUT2D eigenvalue weighted by Gasteiger charge is 2.43. The molecular formula is C19H18O4. The maximum Gasteiger partial charge on any atom is 0.231 e. The first-order valence-corrected chi connectivity index (χ1v) is 7.95. The Balaban J connectivity index is 1.67. The van der Waals surface area contributed by atoms with Gasteiger partial charge in [0, 0.05) is 6.42 Å². The molecule has 1 atom stereocenters. The number of carbonyl (C=O) groups excluding carboxylic acids is 2. The fraction of sp³-hybridized carbons (Fsp3) is 0.368. The molecule has 1 saturated carbocycles. The zero-order valence-electron chi connectivity index (χ0n) is 13.1. The van der Waals surface area contributed by atoms with E-state index in [1.807, 2.05) is 31.2 Å². The van der Waals surface area contributed by atoms with E-state index in [1.54, 1.807) is 6.08 Å². The minimum Gasteiger partial charge on any atom is -0.454 e. The second kappa shape index (κ2) is 5.08. The molecule has 2 aliphatic carbocycles. The average Bonchev–Trinajstić information content (AvgIpc) is 3.00. The van der Waals surface area contributed by atoms with Gasteiger partial charge in [-0.15, -0.1) is 0 Å². The fourth-order valence-corrected chi connectivity index (χ4v) is 3.65. The molecule has 0 aromatic heterocycles. The first kappa shape index (κ1) is 14.2. The van der Waals surface area contributed by atoms with Gasteiger partial charge in [0.2, 0.25) is 6.79 Å². The van der Waals surface area contributed by atoms with E-state index in [0.29, 0.717) is 19.3 Å². The lowest BCUT2D eigenvalue weighted by molar-refractivity contribution is -0.125. The number of hydrogen-bond donors (Lipinski definition) is 0. The Hall–Kier alpha value is -2.36. The van der Waals surface area contributed by atoms with E-state index in [4.69, 9.17) is 9.47 Å². The van der Waals surface area contributed by atoms with E-state index < -0.39 is 5.41 Å². The summed E-state index contributed by atoms with van der Waals surface area (Å²) in [7, 11) is 0. The van der Waals surface area contributed by atoms with Gasteiger partial charge < -0.3 is 9.47 Å². The van der Waals surface area contributed by atoms with Gasteiger partial charge in [0.1, 0.15) is 0 Å². The highest BCUT2D eigenvalue weighted by atomic mass is 16.7. The Morgan fingerprint density at radius 2 is 1.91 bits per heavy atom. The lowest BCUT2D eigenvalue weighted by atomic mass is 9.63. The van der Waals surface area contributed by atoms with Crippen molar-refractivity contribution in [3.63, 3.8) is 0 Å². The second-order valence-electron chi connectivity index (χ2n) is 6.58. The minimum absolute atomic E-state index is 0.147. The highest BCUT2D eigenvalue weighted by Crippen LogP contribution is 2.46. The summed E-state index contributed by atoms with van der Waals surface area (Å²) in [5.74, 6) is 1.76. The standard InChI is InChI=1S/C19H18O4/c1-19-7-6-15(20)10-14(19)4-3-13(18(19)21)8-12-2-5-16-17(9-12)23-11-22-16/h2,5,8-10H,3-4,6-7,11H2,1H3/b13-8+. The zero-order chi connectivity index (χ0) is 16.0. The monoisotopic (exact) mass is 310 g/mol. The minimum atomic E-state index is -0.506. The van der Waals surface area contributed by atoms with Gasteiger partial charge in [-0.2, -0.15) is 0 Å². The summed E-state index contributed by atoms with van der Waals surface area (Å²) in [6.45, 7) is 2.22. The molecule has 1 aliphatic heterocycles. The molecule has 4 heteroatoms. The van der Waals surface area contributed by atoms with E-state index in [9.17, 15) is 9.59 Å². The molecule has 0 amide bonds. The van der Waals surface area contributed by atoms with Crippen molar-refractivity contribution in [1.29, 1.82) is 0 Å². The van der Waals surface area contributed by atoms with Gasteiger partial charge in [0.15, 0.2) is 23.1 Å². The van der Waals surface area contributed by atoms with Crippen LogP contribution in [0, 0.1) is 5.41 Å². The smallest absolute Gasteiger partial charge is 0.231 e. The molecule has 0 radical (unpaired) electrons. The number of rotatable bonds is 1. The van der Waals surface area contributed by atoms with Crippen molar-refractivity contribution in [1.82, 2.24) is 0 Å². The predicted molar refractivity (Wildman–Crippen MR) is 85.2 cm³/mol. The van der Waals surface area contributed by atoms with Crippen LogP contribution in [0.3, 0.4) is 0 Å². The summed E-state index contributed by atoms with van der Waals surface area (Å²) < 4.78 is 10.7. The van der Waals surface area contributed by atoms with E-state index in [1.165, 1.54) is 0 Å². The van der Waals surface area contributed by atoms with Crippen molar-refractivity contribution < 1.29 is 19.1 Å². The third-order valence-electron chi connectivity index (χ3n) is 5.11. The van der Waals surface area contributed by atoms with Crippen LogP contribution in [-0.4, -0.2) is 18.4 Å². The Kier molecular flexibility index (Phi) is 3.15. The Morgan fingerprint density at radius 3 is 2.78 bits per heavy atom. The Morgan fingerprint density at radius 1 is 1.09 bits per heavy atom. The fourth-order valence-electron chi connectivity index (χ4n) is 3.65. The number of ether oxygens (including phenoxy) is 2. The maximum atomic E-state index is 12.9. The second-order valence-corrected chi connectivity index (χ2v) is 6.58. The molecule has 23 heavy (non-hydrogen) atoms. The van der Waals surface area contributed by atoms with Gasteiger partial charge in [-0.1, -0.05) is 11.6 Å². The van der Waals surface area contributed by atoms with E-state index in [2.05, 4.69) is 0 Å². The van der Waals surface area contributed by atoms with Crippen molar-refractivity contribution in [2.24, 2.45) is 5.41 Å². The molecule has 1 heterocycles. The normalized spacial score (nSPS) is 27.9. The summed E-state index contributed by atoms with van der Waals surface area (Å²) in [5, 5.41) is 0. The summed E-state index contributed by atoms with van der Waals surface area (Å²) in [6, 6.07) is 5.71. The molecule has 1 aromatic carbocycles. The predicted octanol–water partition coefficient (Wildman–Crippen LogP) is 3.46. The van der Waals surface area contributed by atoms with Gasteiger partial charge >= 0.3 is 0 Å². The number of hydrogen-bond acceptors (Lipinski definition) is 4. The molecule has 3 aliphatic rings. The Bertz CT molecular complexity index is 772. The van der Waals surface area contributed by atoms with E-state index >= 15 is 0 Å². The van der Waals surface area contributed by atoms with Gasteiger partial charge in [-0.05, 0) is 61.6 Å². The topological polar surface area (TPSA) is 52.6 Å². The van der Waals surface area contributed by atoms with Gasteiger partial charge in [0.25, 0.3) is 0 Å². The van der Waals surface area contributed by atoms with Crippen LogP contribution in [0.1, 0.15) is 38.2 Å². The maximum absolute atomic E-state index is 12.9. The zero-order valence-corrected chi connectivity index (χ0v) is 13.1. The molecule has 4 nitrogen and oxygen atoms in total. The number of carbonyl (C=O) groups is 2. The summed E-state index contributed by atoms with van der Waals surface area (Å²) in [5.41, 5.74) is 2.27. The lowest BCUT2D eigenvalue weighted by Gasteiger charge is -2.38. The molecule has 1 aromatic rings. The Labute approximate surface area is 134 Å². The summed E-state index contributed by atoms with van der Waals surface area (Å²) in [6.07, 6.45) is 6.19. The van der Waals surface area contributed by atoms with Crippen LogP contribution in [0.15, 0.2) is 35.4 Å². The van der Waals surface area contributed by atoms with Crippen LogP contribution in [0.5, 0.6) is 11.5 Å². The third kappa shape index (κ3) is 2.29. The first-order chi connectivity index (χ1) is 11.1. The van der Waals surface area contributed by atoms with Crippen LogP contribution in [0.25, 0.3) is 6.08 Å². The van der Waals surface area contributed by atoms with Gasteiger partial charge in [0.05, 0.1) is 5.41 Å². The van der Waals surface area contributed by atoms with Crippen molar-refractivity contribution in [3.8, 4) is 11.5 Å². The number of ketones is 2. The molecule has 0 bridgehead atoms. The largest absolute Gasteiger partial charge is 0.454 e. The number of benzene rings is 1. The highest BCUT2D eigenvalue weighted by molar-refractivity contribution is 6.08. The molecular weight excluding hydrogens is 292 g/mol. The molecule has 0 saturated heterocycles. The quantitative estimate of drug-likeness (QED) is 0.745. The molecule has 4 rings (SSSR count). The van der Waals surface area contributed by atoms with Gasteiger partial charge in [-0.3, -0.25) is 9.59 Å². The summed E-state index contributed by atoms with van der Waals surface area (Å²) >= 11 is 0. The van der Waals surface area contributed by atoms with Crippen LogP contribution in [0.2, 0.25) is 0 Å². The van der Waals surface area contributed by atoms with Crippen LogP contribution in [-0.2, 0) is 9.59 Å². The van der Waals surface area contributed by atoms with Gasteiger partial charge in [-0.25, -0.2) is 0 Å². The van der Waals surface area contributed by atoms with Crippen molar-refractivity contribution >= 4 is 17.6 Å². The average molecular weight is 310 g/mol. The molecule has 118 valence electrons. The van der Waals surface area contributed by atoms with E-state index in [-0.39, 0.29) is 18.4 Å². The van der Waals surface area contributed by atoms with Crippen LogP contribution < -0.4 is 9.47 Å². The number of allylic oxidation sites excluding steroid dienone is 3. The first-order valence-electron chi connectivity index (χ1n) is 7.95. The number of Topliss-reactive ketones (excluding diaryl/α,β-unsaturated/α-hetero) is 1. The van der Waals surface area contributed by atoms with Crippen molar-refractivity contribution in [2.45, 2.75) is 32.6 Å². The lowest BCUT2D eigenvalue weighted by Crippen LogP contribution is -2.38. The van der Waals surface area contributed by atoms with Crippen LogP contribution >= 0.6 is 0 Å². The molecule has 0 spiro atoms. The van der Waals surface area contributed by atoms with Crippen molar-refractivity contribution in [3.05, 3.63) is 41.0 Å². The van der Waals surface area contributed by atoms with E-state index in [0.717, 1.165) is 34.6 Å². The van der Waals surface area contributed by atoms with Crippen LogP contribution in [0.4, 0.5) is 0 Å². The molecule has 0 N–H and O–H groups in total. The third-order valence-corrected chi connectivity index (χ3v) is 5.11. The number of fused-ring (bicyclic) bond motifs is 2. The summed E-state index contributed by atoms with van der Waals surface area (Å²) in [4.78, 5) is 24.6.